The summed E-state index contributed by atoms with van der Waals surface area (Å²) in [6.45, 7) is 4.11. The molecule has 4 rings (SSSR count). The van der Waals surface area contributed by atoms with Crippen LogP contribution in [0.4, 0.5) is 0 Å². The van der Waals surface area contributed by atoms with Crippen molar-refractivity contribution < 1.29 is 22.2 Å². The second kappa shape index (κ2) is 5.61. The molecule has 142 valence electrons. The number of rotatable bonds is 2. The first-order valence-electron chi connectivity index (χ1n) is 9.40. The van der Waals surface area contributed by atoms with E-state index in [9.17, 15) is 18.0 Å². The van der Waals surface area contributed by atoms with Crippen molar-refractivity contribution in [2.75, 3.05) is 6.26 Å². The Bertz CT molecular complexity index is 838. The van der Waals surface area contributed by atoms with Gasteiger partial charge in [0.1, 0.15) is 5.78 Å². The van der Waals surface area contributed by atoms with Gasteiger partial charge in [-0.15, -0.1) is 0 Å². The van der Waals surface area contributed by atoms with Crippen LogP contribution in [0, 0.1) is 28.6 Å². The van der Waals surface area contributed by atoms with Crippen molar-refractivity contribution in [2.24, 2.45) is 28.6 Å². The summed E-state index contributed by atoms with van der Waals surface area (Å²) >= 11 is 0. The van der Waals surface area contributed by atoms with Gasteiger partial charge in [0.15, 0.2) is 5.78 Å². The zero-order valence-corrected chi connectivity index (χ0v) is 16.3. The molecule has 0 unspecified atom stereocenters. The van der Waals surface area contributed by atoms with Gasteiger partial charge in [0.2, 0.25) is 0 Å². The molecule has 0 amide bonds. The Hall–Kier alpha value is -1.27. The number of allylic oxidation sites excluding steroid dienone is 4. The lowest BCUT2D eigenvalue weighted by Gasteiger charge is -2.55. The van der Waals surface area contributed by atoms with E-state index in [-0.39, 0.29) is 34.7 Å². The molecule has 0 aliphatic heterocycles. The standard InChI is InChI=1S/C20H26O5S/c1-19-9-8-13(21)10-12(19)4-5-14-15-6-7-17(25-26(3,23)24)20(15,2)11-16(22)18(14)19/h8-10,14-15,17-18H,4-7,11H2,1-3H3/t14-,15-,17-,18+,19-,20-/m0/s1. The van der Waals surface area contributed by atoms with E-state index in [1.54, 1.807) is 12.2 Å². The Morgan fingerprint density at radius 1 is 1.15 bits per heavy atom. The summed E-state index contributed by atoms with van der Waals surface area (Å²) < 4.78 is 28.8. The quantitative estimate of drug-likeness (QED) is 0.691. The van der Waals surface area contributed by atoms with Gasteiger partial charge in [0, 0.05) is 23.2 Å². The minimum atomic E-state index is -3.55. The van der Waals surface area contributed by atoms with Crippen LogP contribution in [0.15, 0.2) is 23.8 Å². The van der Waals surface area contributed by atoms with Crippen molar-refractivity contribution in [2.45, 2.75) is 52.1 Å². The maximum Gasteiger partial charge on any atom is 0.264 e. The number of fused-ring (bicyclic) bond motifs is 5. The fraction of sp³-hybridized carbons (Fsp3) is 0.700. The van der Waals surface area contributed by atoms with E-state index in [1.165, 1.54) is 0 Å². The topological polar surface area (TPSA) is 77.5 Å². The van der Waals surface area contributed by atoms with E-state index in [2.05, 4.69) is 6.92 Å². The monoisotopic (exact) mass is 378 g/mol. The number of Topliss-reactive ketones (excluding diaryl/α,β-unsaturated/α-hetero) is 1. The minimum absolute atomic E-state index is 0.00602. The number of ketones is 2. The number of hydrogen-bond acceptors (Lipinski definition) is 5. The van der Waals surface area contributed by atoms with Gasteiger partial charge in [-0.05, 0) is 49.7 Å². The molecule has 3 saturated carbocycles. The van der Waals surface area contributed by atoms with E-state index >= 15 is 0 Å². The lowest BCUT2D eigenvalue weighted by atomic mass is 9.48. The highest BCUT2D eigenvalue weighted by molar-refractivity contribution is 7.86. The SMILES string of the molecule is C[C@]12CC(=O)[C@H]3[C@@H](CCC4=CC(=O)C=C[C@@]43C)[C@@H]1CC[C@@H]2OS(C)(=O)=O. The second-order valence-electron chi connectivity index (χ2n) is 8.99. The first-order valence-corrected chi connectivity index (χ1v) is 11.2. The van der Waals surface area contributed by atoms with Crippen molar-refractivity contribution >= 4 is 21.7 Å². The first-order chi connectivity index (χ1) is 12.0. The number of carbonyl (C=O) groups excluding carboxylic acids is 2. The van der Waals surface area contributed by atoms with Crippen LogP contribution in [-0.4, -0.2) is 32.3 Å². The molecule has 5 nitrogen and oxygen atoms in total. The average Bonchev–Trinajstić information content (AvgIpc) is 2.82. The van der Waals surface area contributed by atoms with Crippen LogP contribution in [0.5, 0.6) is 0 Å². The Morgan fingerprint density at radius 3 is 2.58 bits per heavy atom. The normalized spacial score (nSPS) is 45.0. The lowest BCUT2D eigenvalue weighted by Crippen LogP contribution is -2.55. The maximum atomic E-state index is 13.3. The Balaban J connectivity index is 1.70. The fourth-order valence-corrected chi connectivity index (χ4v) is 7.09. The molecule has 4 aliphatic carbocycles. The highest BCUT2D eigenvalue weighted by Crippen LogP contribution is 2.63. The Labute approximate surface area is 155 Å². The van der Waals surface area contributed by atoms with Gasteiger partial charge in [0.05, 0.1) is 12.4 Å². The third kappa shape index (κ3) is 2.56. The molecule has 6 atom stereocenters. The van der Waals surface area contributed by atoms with Crippen molar-refractivity contribution in [3.8, 4) is 0 Å². The van der Waals surface area contributed by atoms with E-state index in [0.717, 1.165) is 31.1 Å². The first kappa shape index (κ1) is 18.1. The minimum Gasteiger partial charge on any atom is -0.299 e. The zero-order valence-electron chi connectivity index (χ0n) is 15.5. The van der Waals surface area contributed by atoms with Crippen LogP contribution < -0.4 is 0 Å². The second-order valence-corrected chi connectivity index (χ2v) is 10.6. The van der Waals surface area contributed by atoms with Crippen molar-refractivity contribution in [1.29, 1.82) is 0 Å². The molecule has 0 radical (unpaired) electrons. The molecule has 6 heteroatoms. The summed E-state index contributed by atoms with van der Waals surface area (Å²) in [5.41, 5.74) is 0.267. The van der Waals surface area contributed by atoms with Crippen LogP contribution in [0.25, 0.3) is 0 Å². The molecule has 0 spiro atoms. The van der Waals surface area contributed by atoms with Crippen LogP contribution in [0.2, 0.25) is 0 Å². The van der Waals surface area contributed by atoms with E-state index in [4.69, 9.17) is 4.18 Å². The summed E-state index contributed by atoms with van der Waals surface area (Å²) in [6, 6.07) is 0. The summed E-state index contributed by atoms with van der Waals surface area (Å²) in [4.78, 5) is 25.1. The highest BCUT2D eigenvalue weighted by Gasteiger charge is 2.62. The molecule has 26 heavy (non-hydrogen) atoms. The van der Waals surface area contributed by atoms with Gasteiger partial charge in [0.25, 0.3) is 10.1 Å². The Morgan fingerprint density at radius 2 is 1.88 bits per heavy atom. The van der Waals surface area contributed by atoms with Gasteiger partial charge in [-0.1, -0.05) is 25.5 Å². The van der Waals surface area contributed by atoms with Gasteiger partial charge in [-0.2, -0.15) is 8.42 Å². The molecular formula is C20H26O5S. The van der Waals surface area contributed by atoms with Crippen LogP contribution in [0.1, 0.15) is 46.0 Å². The maximum absolute atomic E-state index is 13.3. The van der Waals surface area contributed by atoms with Gasteiger partial charge in [-0.3, -0.25) is 13.8 Å². The van der Waals surface area contributed by atoms with E-state index < -0.39 is 21.6 Å². The van der Waals surface area contributed by atoms with Gasteiger partial charge >= 0.3 is 0 Å². The molecule has 0 saturated heterocycles. The number of hydrogen-bond donors (Lipinski definition) is 0. The van der Waals surface area contributed by atoms with Crippen LogP contribution in [-0.2, 0) is 23.9 Å². The summed E-state index contributed by atoms with van der Waals surface area (Å²) in [5.74, 6) is 0.564. The molecule has 0 aromatic rings. The zero-order chi connectivity index (χ0) is 18.9. The molecule has 0 aromatic carbocycles. The lowest BCUT2D eigenvalue weighted by molar-refractivity contribution is -0.144. The largest absolute Gasteiger partial charge is 0.299 e. The van der Waals surface area contributed by atoms with Crippen molar-refractivity contribution in [3.63, 3.8) is 0 Å². The molecular weight excluding hydrogens is 352 g/mol. The van der Waals surface area contributed by atoms with Gasteiger partial charge < -0.3 is 0 Å². The fourth-order valence-electron chi connectivity index (χ4n) is 6.35. The van der Waals surface area contributed by atoms with Gasteiger partial charge in [-0.25, -0.2) is 0 Å². The number of carbonyl (C=O) groups is 2. The predicted molar refractivity (Wildman–Crippen MR) is 96.7 cm³/mol. The molecule has 4 aliphatic rings. The van der Waals surface area contributed by atoms with E-state index in [0.29, 0.717) is 12.8 Å². The van der Waals surface area contributed by atoms with Crippen molar-refractivity contribution in [3.05, 3.63) is 23.8 Å². The molecule has 0 heterocycles. The third-order valence-corrected chi connectivity index (χ3v) is 8.04. The molecule has 0 N–H and O–H groups in total. The van der Waals surface area contributed by atoms with E-state index in [1.807, 2.05) is 13.0 Å². The summed E-state index contributed by atoms with van der Waals surface area (Å²) in [7, 11) is -3.55. The summed E-state index contributed by atoms with van der Waals surface area (Å²) in [6.07, 6.45) is 9.53. The average molecular weight is 378 g/mol. The third-order valence-electron chi connectivity index (χ3n) is 7.46. The molecule has 0 bridgehead atoms. The highest BCUT2D eigenvalue weighted by atomic mass is 32.2. The predicted octanol–water partition coefficient (Wildman–Crippen LogP) is 2.82. The van der Waals surface area contributed by atoms with Crippen LogP contribution >= 0.6 is 0 Å². The Kier molecular flexibility index (Phi) is 3.91. The van der Waals surface area contributed by atoms with Crippen LogP contribution in [0.3, 0.4) is 0 Å². The molecule has 0 aromatic heterocycles. The smallest absolute Gasteiger partial charge is 0.264 e. The van der Waals surface area contributed by atoms with Crippen molar-refractivity contribution in [1.82, 2.24) is 0 Å². The summed E-state index contributed by atoms with van der Waals surface area (Å²) in [5, 5.41) is 0. The molecule has 3 fully saturated rings.